The van der Waals surface area contributed by atoms with Gasteiger partial charge in [-0.15, -0.1) is 0 Å². The molecule has 45 heavy (non-hydrogen) atoms. The standard InChI is InChI=1S/C36H47N5O4/c1-36(2,3)26-33(42)38-31-12-7-8-13-32(31)39-34(43)30-16-14-29(15-17-30)27-41(21-9-20-40-22-24-45-25-23-40)35(44)37-19-18-28-10-5-4-6-11-28/h4-8,10-17H,9,18-27H2,1-3H3,(H,37,44)(H,38,42)(H,39,43). The third-order valence-corrected chi connectivity index (χ3v) is 7.56. The van der Waals surface area contributed by atoms with E-state index in [1.165, 1.54) is 5.56 Å². The average molecular weight is 614 g/mol. The van der Waals surface area contributed by atoms with E-state index in [4.69, 9.17) is 4.74 Å². The highest BCUT2D eigenvalue weighted by Gasteiger charge is 2.19. The van der Waals surface area contributed by atoms with Gasteiger partial charge in [0.05, 0.1) is 24.6 Å². The fourth-order valence-corrected chi connectivity index (χ4v) is 5.19. The van der Waals surface area contributed by atoms with Crippen molar-refractivity contribution in [3.05, 3.63) is 95.6 Å². The fraction of sp³-hybridized carbons (Fsp3) is 0.417. The number of morpholine rings is 1. The van der Waals surface area contributed by atoms with Gasteiger partial charge in [0.25, 0.3) is 5.91 Å². The van der Waals surface area contributed by atoms with E-state index in [-0.39, 0.29) is 23.3 Å². The van der Waals surface area contributed by atoms with Crippen molar-refractivity contribution in [3.63, 3.8) is 0 Å². The van der Waals surface area contributed by atoms with Crippen LogP contribution in [0.1, 0.15) is 55.1 Å². The van der Waals surface area contributed by atoms with Crippen LogP contribution in [0.25, 0.3) is 0 Å². The maximum atomic E-state index is 13.3. The predicted molar refractivity (Wildman–Crippen MR) is 179 cm³/mol. The lowest BCUT2D eigenvalue weighted by Gasteiger charge is -2.28. The second-order valence-corrected chi connectivity index (χ2v) is 12.7. The van der Waals surface area contributed by atoms with Crippen LogP contribution in [0.15, 0.2) is 78.9 Å². The molecule has 0 bridgehead atoms. The smallest absolute Gasteiger partial charge is 0.317 e. The Hall–Kier alpha value is -4.21. The predicted octanol–water partition coefficient (Wildman–Crippen LogP) is 5.79. The molecule has 1 aliphatic heterocycles. The molecule has 1 saturated heterocycles. The summed E-state index contributed by atoms with van der Waals surface area (Å²) in [6.07, 6.45) is 1.99. The molecule has 240 valence electrons. The van der Waals surface area contributed by atoms with Gasteiger partial charge in [-0.05, 0) is 53.6 Å². The molecular weight excluding hydrogens is 566 g/mol. The van der Waals surface area contributed by atoms with Crippen molar-refractivity contribution in [3.8, 4) is 0 Å². The summed E-state index contributed by atoms with van der Waals surface area (Å²) in [5.41, 5.74) is 3.55. The SMILES string of the molecule is CC(C)(C)CC(=O)Nc1ccccc1NC(=O)c1ccc(CN(CCCN2CCOCC2)C(=O)NCCc2ccccc2)cc1. The van der Waals surface area contributed by atoms with Crippen LogP contribution in [-0.4, -0.2) is 73.6 Å². The number of hydrogen-bond donors (Lipinski definition) is 3. The summed E-state index contributed by atoms with van der Waals surface area (Å²) in [6.45, 7) is 11.9. The molecule has 1 aliphatic rings. The number of anilines is 2. The average Bonchev–Trinajstić information content (AvgIpc) is 3.02. The van der Waals surface area contributed by atoms with Crippen molar-refractivity contribution < 1.29 is 19.1 Å². The van der Waals surface area contributed by atoms with Gasteiger partial charge >= 0.3 is 6.03 Å². The van der Waals surface area contributed by atoms with Gasteiger partial charge in [-0.3, -0.25) is 14.5 Å². The fourth-order valence-electron chi connectivity index (χ4n) is 5.19. The number of ether oxygens (including phenoxy) is 1. The Morgan fingerprint density at radius 2 is 1.47 bits per heavy atom. The number of carbonyl (C=O) groups excluding carboxylic acids is 3. The van der Waals surface area contributed by atoms with Gasteiger partial charge in [-0.25, -0.2) is 4.79 Å². The molecule has 1 heterocycles. The third kappa shape index (κ3) is 11.7. The molecule has 4 amide bonds. The van der Waals surface area contributed by atoms with Crippen LogP contribution in [0.4, 0.5) is 16.2 Å². The summed E-state index contributed by atoms with van der Waals surface area (Å²) in [6, 6.07) is 24.5. The zero-order valence-electron chi connectivity index (χ0n) is 26.8. The Labute approximate surface area is 267 Å². The zero-order valence-corrected chi connectivity index (χ0v) is 26.8. The maximum Gasteiger partial charge on any atom is 0.317 e. The quantitative estimate of drug-likeness (QED) is 0.227. The van der Waals surface area contributed by atoms with Crippen LogP contribution in [0.5, 0.6) is 0 Å². The number of nitrogens with zero attached hydrogens (tertiary/aromatic N) is 2. The number of nitrogens with one attached hydrogen (secondary N) is 3. The van der Waals surface area contributed by atoms with Gasteiger partial charge in [0.15, 0.2) is 0 Å². The summed E-state index contributed by atoms with van der Waals surface area (Å²) in [7, 11) is 0. The lowest BCUT2D eigenvalue weighted by atomic mass is 9.92. The Balaban J connectivity index is 1.36. The number of carbonyl (C=O) groups is 3. The Morgan fingerprint density at radius 3 is 2.13 bits per heavy atom. The Morgan fingerprint density at radius 1 is 0.822 bits per heavy atom. The summed E-state index contributed by atoms with van der Waals surface area (Å²) in [4.78, 5) is 43.1. The molecule has 0 radical (unpaired) electrons. The van der Waals surface area contributed by atoms with Crippen LogP contribution in [0, 0.1) is 5.41 Å². The molecule has 9 nitrogen and oxygen atoms in total. The van der Waals surface area contributed by atoms with Gasteiger partial charge < -0.3 is 25.6 Å². The molecule has 4 rings (SSSR count). The Kier molecular flexibility index (Phi) is 12.5. The highest BCUT2D eigenvalue weighted by molar-refractivity contribution is 6.07. The lowest BCUT2D eigenvalue weighted by Crippen LogP contribution is -2.42. The monoisotopic (exact) mass is 613 g/mol. The van der Waals surface area contributed by atoms with E-state index in [2.05, 4.69) is 33.0 Å². The summed E-state index contributed by atoms with van der Waals surface area (Å²) in [5.74, 6) is -0.382. The van der Waals surface area contributed by atoms with Crippen LogP contribution in [0.3, 0.4) is 0 Å². The molecule has 3 N–H and O–H groups in total. The van der Waals surface area contributed by atoms with Crippen LogP contribution >= 0.6 is 0 Å². The van der Waals surface area contributed by atoms with E-state index in [1.54, 1.807) is 24.3 Å². The van der Waals surface area contributed by atoms with E-state index in [1.807, 2.05) is 68.1 Å². The van der Waals surface area contributed by atoms with E-state index in [0.29, 0.717) is 43.0 Å². The molecule has 0 saturated carbocycles. The van der Waals surface area contributed by atoms with E-state index < -0.39 is 0 Å². The van der Waals surface area contributed by atoms with Gasteiger partial charge in [-0.2, -0.15) is 0 Å². The first-order chi connectivity index (χ1) is 21.7. The number of benzene rings is 3. The minimum Gasteiger partial charge on any atom is -0.379 e. The van der Waals surface area contributed by atoms with Crippen LogP contribution < -0.4 is 16.0 Å². The van der Waals surface area contributed by atoms with Gasteiger partial charge in [0.2, 0.25) is 5.91 Å². The molecule has 9 heteroatoms. The molecular formula is C36H47N5O4. The van der Waals surface area contributed by atoms with Gasteiger partial charge in [0.1, 0.15) is 0 Å². The van der Waals surface area contributed by atoms with Gasteiger partial charge in [-0.1, -0.05) is 75.4 Å². The highest BCUT2D eigenvalue weighted by Crippen LogP contribution is 2.25. The number of amides is 4. The van der Waals surface area contributed by atoms with E-state index in [9.17, 15) is 14.4 Å². The minimum absolute atomic E-state index is 0.0974. The van der Waals surface area contributed by atoms with E-state index >= 15 is 0 Å². The summed E-state index contributed by atoms with van der Waals surface area (Å²) in [5, 5.41) is 8.93. The molecule has 0 aliphatic carbocycles. The molecule has 3 aromatic rings. The van der Waals surface area contributed by atoms with Crippen molar-refractivity contribution in [2.45, 2.75) is 46.6 Å². The number of para-hydroxylation sites is 2. The second kappa shape index (κ2) is 16.7. The number of urea groups is 1. The first kappa shape index (κ1) is 33.7. The first-order valence-corrected chi connectivity index (χ1v) is 15.8. The van der Waals surface area contributed by atoms with Crippen LogP contribution in [0.2, 0.25) is 0 Å². The van der Waals surface area contributed by atoms with Crippen molar-refractivity contribution in [1.29, 1.82) is 0 Å². The lowest BCUT2D eigenvalue weighted by molar-refractivity contribution is -0.117. The highest BCUT2D eigenvalue weighted by atomic mass is 16.5. The van der Waals surface area contributed by atoms with Crippen molar-refractivity contribution >= 4 is 29.2 Å². The van der Waals surface area contributed by atoms with E-state index in [0.717, 1.165) is 51.3 Å². The first-order valence-electron chi connectivity index (χ1n) is 15.8. The van der Waals surface area contributed by atoms with Crippen molar-refractivity contribution in [2.75, 3.05) is 56.6 Å². The van der Waals surface area contributed by atoms with Crippen molar-refractivity contribution in [1.82, 2.24) is 15.1 Å². The minimum atomic E-state index is -0.278. The van der Waals surface area contributed by atoms with Crippen LogP contribution in [-0.2, 0) is 22.5 Å². The largest absolute Gasteiger partial charge is 0.379 e. The second-order valence-electron chi connectivity index (χ2n) is 12.7. The zero-order chi connectivity index (χ0) is 32.1. The third-order valence-electron chi connectivity index (χ3n) is 7.56. The van der Waals surface area contributed by atoms with Gasteiger partial charge in [0, 0.05) is 51.3 Å². The molecule has 0 atom stereocenters. The summed E-state index contributed by atoms with van der Waals surface area (Å²) < 4.78 is 5.46. The molecule has 0 spiro atoms. The molecule has 1 fully saturated rings. The van der Waals surface area contributed by atoms with Crippen molar-refractivity contribution in [2.24, 2.45) is 5.41 Å². The number of hydrogen-bond acceptors (Lipinski definition) is 5. The molecule has 3 aromatic carbocycles. The normalized spacial score (nSPS) is 13.6. The number of rotatable bonds is 13. The molecule has 0 unspecified atom stereocenters. The topological polar surface area (TPSA) is 103 Å². The summed E-state index contributed by atoms with van der Waals surface area (Å²) >= 11 is 0. The Bertz CT molecular complexity index is 1380. The molecule has 0 aromatic heterocycles. The maximum absolute atomic E-state index is 13.3.